The van der Waals surface area contributed by atoms with Crippen LogP contribution in [0.2, 0.25) is 0 Å². The third kappa shape index (κ3) is 3.11. The first-order valence-electron chi connectivity index (χ1n) is 8.70. The van der Waals surface area contributed by atoms with Crippen molar-refractivity contribution in [2.24, 2.45) is 5.92 Å². The van der Waals surface area contributed by atoms with Gasteiger partial charge in [-0.3, -0.25) is 0 Å². The van der Waals surface area contributed by atoms with Gasteiger partial charge in [0.25, 0.3) is 0 Å². The van der Waals surface area contributed by atoms with E-state index in [4.69, 9.17) is 4.98 Å². The Hall–Kier alpha value is -0.610. The van der Waals surface area contributed by atoms with E-state index in [1.165, 1.54) is 60.8 Å². The van der Waals surface area contributed by atoms with Gasteiger partial charge in [-0.05, 0) is 51.0 Å². The van der Waals surface area contributed by atoms with Crippen molar-refractivity contribution in [3.05, 3.63) is 10.6 Å². The molecule has 118 valence electrons. The van der Waals surface area contributed by atoms with Crippen LogP contribution >= 0.6 is 11.3 Å². The van der Waals surface area contributed by atoms with Crippen LogP contribution in [0.25, 0.3) is 0 Å². The molecule has 0 saturated carbocycles. The first kappa shape index (κ1) is 15.3. The molecule has 1 N–H and O–H groups in total. The van der Waals surface area contributed by atoms with Crippen LogP contribution in [-0.2, 0) is 6.42 Å². The molecule has 0 aromatic carbocycles. The molecule has 0 radical (unpaired) electrons. The van der Waals surface area contributed by atoms with Crippen molar-refractivity contribution in [1.29, 1.82) is 0 Å². The van der Waals surface area contributed by atoms with Crippen molar-refractivity contribution in [2.75, 3.05) is 18.0 Å². The summed E-state index contributed by atoms with van der Waals surface area (Å²) in [5.41, 5.74) is 1.38. The van der Waals surface area contributed by atoms with Gasteiger partial charge < -0.3 is 10.2 Å². The molecule has 0 bridgehead atoms. The second-order valence-electron chi connectivity index (χ2n) is 6.85. The van der Waals surface area contributed by atoms with Crippen molar-refractivity contribution in [3.8, 4) is 0 Å². The van der Waals surface area contributed by atoms with E-state index in [-0.39, 0.29) is 0 Å². The lowest BCUT2D eigenvalue weighted by Gasteiger charge is -2.27. The molecule has 4 heteroatoms. The summed E-state index contributed by atoms with van der Waals surface area (Å²) in [5, 5.41) is 5.01. The Labute approximate surface area is 133 Å². The van der Waals surface area contributed by atoms with Crippen molar-refractivity contribution >= 4 is 16.5 Å². The number of nitrogens with one attached hydrogen (secondary N) is 1. The molecule has 1 fully saturated rings. The van der Waals surface area contributed by atoms with Gasteiger partial charge in [-0.2, -0.15) is 0 Å². The van der Waals surface area contributed by atoms with Crippen LogP contribution in [0.1, 0.15) is 69.5 Å². The Morgan fingerprint density at radius 2 is 2.19 bits per heavy atom. The molecule has 1 aromatic heterocycles. The largest absolute Gasteiger partial charge is 0.345 e. The predicted octanol–water partition coefficient (Wildman–Crippen LogP) is 4.14. The molecule has 1 aliphatic carbocycles. The maximum atomic E-state index is 5.03. The third-order valence-electron chi connectivity index (χ3n) is 4.89. The lowest BCUT2D eigenvalue weighted by Crippen LogP contribution is -2.33. The van der Waals surface area contributed by atoms with Crippen LogP contribution in [0.3, 0.4) is 0 Å². The van der Waals surface area contributed by atoms with Crippen LogP contribution in [-0.4, -0.2) is 24.1 Å². The first-order valence-corrected chi connectivity index (χ1v) is 9.52. The number of nitrogens with zero attached hydrogens (tertiary/aromatic N) is 2. The van der Waals surface area contributed by atoms with Gasteiger partial charge in [0.15, 0.2) is 5.13 Å². The number of aromatic nitrogens is 1. The van der Waals surface area contributed by atoms with E-state index in [1.54, 1.807) is 0 Å². The lowest BCUT2D eigenvalue weighted by atomic mass is 9.98. The summed E-state index contributed by atoms with van der Waals surface area (Å²) in [5.74, 6) is 0.724. The molecule has 1 aliphatic heterocycles. The summed E-state index contributed by atoms with van der Waals surface area (Å²) in [6, 6.07) is 1.25. The molecule has 2 aliphatic rings. The minimum atomic E-state index is 0.556. The van der Waals surface area contributed by atoms with E-state index in [0.29, 0.717) is 12.1 Å². The summed E-state index contributed by atoms with van der Waals surface area (Å²) in [7, 11) is 0. The molecule has 0 spiro atoms. The van der Waals surface area contributed by atoms with Crippen molar-refractivity contribution in [3.63, 3.8) is 0 Å². The maximum Gasteiger partial charge on any atom is 0.186 e. The topological polar surface area (TPSA) is 28.2 Å². The molecule has 1 aromatic rings. The molecule has 3 nitrogen and oxygen atoms in total. The first-order chi connectivity index (χ1) is 10.2. The van der Waals surface area contributed by atoms with E-state index in [1.807, 2.05) is 11.3 Å². The highest BCUT2D eigenvalue weighted by atomic mass is 32.1. The van der Waals surface area contributed by atoms with Crippen LogP contribution in [0, 0.1) is 5.92 Å². The number of anilines is 1. The smallest absolute Gasteiger partial charge is 0.186 e. The third-order valence-corrected chi connectivity index (χ3v) is 6.14. The zero-order valence-electron chi connectivity index (χ0n) is 13.7. The fourth-order valence-corrected chi connectivity index (χ4v) is 5.07. The zero-order chi connectivity index (χ0) is 14.8. The number of rotatable bonds is 5. The van der Waals surface area contributed by atoms with E-state index in [0.717, 1.165) is 12.5 Å². The Balaban J connectivity index is 1.81. The minimum Gasteiger partial charge on any atom is -0.345 e. The fraction of sp³-hybridized carbons (Fsp3) is 0.824. The second-order valence-corrected chi connectivity index (χ2v) is 7.86. The standard InChI is InChI=1S/C17H29N3S/c1-4-10-18-13-7-5-8-14-16(13)21-17(19-14)20-11-6-9-15(20)12(2)3/h12-13,15,18H,4-11H2,1-3H3. The predicted molar refractivity (Wildman–Crippen MR) is 91.3 cm³/mol. The van der Waals surface area contributed by atoms with Crippen LogP contribution in [0.5, 0.6) is 0 Å². The van der Waals surface area contributed by atoms with Crippen molar-refractivity contribution < 1.29 is 0 Å². The molecule has 2 unspecified atom stereocenters. The van der Waals surface area contributed by atoms with Crippen LogP contribution in [0.15, 0.2) is 0 Å². The molecule has 1 saturated heterocycles. The monoisotopic (exact) mass is 307 g/mol. The Kier molecular flexibility index (Phi) is 4.85. The fourth-order valence-electron chi connectivity index (χ4n) is 3.77. The highest BCUT2D eigenvalue weighted by molar-refractivity contribution is 7.15. The number of fused-ring (bicyclic) bond motifs is 1. The quantitative estimate of drug-likeness (QED) is 0.886. The van der Waals surface area contributed by atoms with E-state index >= 15 is 0 Å². The molecule has 0 amide bonds. The highest BCUT2D eigenvalue weighted by Gasteiger charge is 2.32. The van der Waals surface area contributed by atoms with E-state index < -0.39 is 0 Å². The molecule has 21 heavy (non-hydrogen) atoms. The molecule has 2 heterocycles. The van der Waals surface area contributed by atoms with E-state index in [9.17, 15) is 0 Å². The van der Waals surface area contributed by atoms with Crippen LogP contribution < -0.4 is 10.2 Å². The molecular formula is C17H29N3S. The summed E-state index contributed by atoms with van der Waals surface area (Å²) in [6.45, 7) is 9.26. The Morgan fingerprint density at radius 3 is 2.95 bits per heavy atom. The number of thiazole rings is 1. The van der Waals surface area contributed by atoms with Crippen molar-refractivity contribution in [2.45, 2.75) is 71.4 Å². The second kappa shape index (κ2) is 6.66. The van der Waals surface area contributed by atoms with Gasteiger partial charge in [0.05, 0.1) is 5.69 Å². The number of aryl methyl sites for hydroxylation is 1. The van der Waals surface area contributed by atoms with Gasteiger partial charge in [0, 0.05) is 23.5 Å². The summed E-state index contributed by atoms with van der Waals surface area (Å²) >= 11 is 1.96. The van der Waals surface area contributed by atoms with Gasteiger partial charge in [-0.1, -0.05) is 32.1 Å². The highest BCUT2D eigenvalue weighted by Crippen LogP contribution is 2.40. The molecule has 2 atom stereocenters. The van der Waals surface area contributed by atoms with Crippen molar-refractivity contribution in [1.82, 2.24) is 10.3 Å². The normalized spacial score (nSPS) is 25.6. The van der Waals surface area contributed by atoms with Gasteiger partial charge in [-0.15, -0.1) is 0 Å². The Bertz CT molecular complexity index is 469. The SMILES string of the molecule is CCCNC1CCCc2nc(N3CCCC3C(C)C)sc21. The molecular weight excluding hydrogens is 278 g/mol. The zero-order valence-corrected chi connectivity index (χ0v) is 14.5. The minimum absolute atomic E-state index is 0.556. The summed E-state index contributed by atoms with van der Waals surface area (Å²) in [6.07, 6.45) is 7.60. The average molecular weight is 308 g/mol. The van der Waals surface area contributed by atoms with Gasteiger partial charge in [-0.25, -0.2) is 4.98 Å². The van der Waals surface area contributed by atoms with Gasteiger partial charge in [0.2, 0.25) is 0 Å². The number of hydrogen-bond donors (Lipinski definition) is 1. The van der Waals surface area contributed by atoms with Gasteiger partial charge in [0.1, 0.15) is 0 Å². The number of hydrogen-bond acceptors (Lipinski definition) is 4. The Morgan fingerprint density at radius 1 is 1.33 bits per heavy atom. The van der Waals surface area contributed by atoms with E-state index in [2.05, 4.69) is 31.0 Å². The average Bonchev–Trinajstić information content (AvgIpc) is 3.10. The summed E-state index contributed by atoms with van der Waals surface area (Å²) < 4.78 is 0. The summed E-state index contributed by atoms with van der Waals surface area (Å²) in [4.78, 5) is 9.14. The molecule has 3 rings (SSSR count). The van der Waals surface area contributed by atoms with Gasteiger partial charge >= 0.3 is 0 Å². The van der Waals surface area contributed by atoms with Crippen LogP contribution in [0.4, 0.5) is 5.13 Å². The lowest BCUT2D eigenvalue weighted by molar-refractivity contribution is 0.464. The maximum absolute atomic E-state index is 5.03.